The summed E-state index contributed by atoms with van der Waals surface area (Å²) in [5, 5.41) is 4.55. The SMILES string of the molecule is CNC(=O)c1c(F)cccc1Nc1ncncc1C(F)(F)F. The molecule has 0 radical (unpaired) electrons. The van der Waals surface area contributed by atoms with E-state index in [2.05, 4.69) is 20.6 Å². The van der Waals surface area contributed by atoms with Crippen molar-refractivity contribution >= 4 is 17.4 Å². The summed E-state index contributed by atoms with van der Waals surface area (Å²) in [6.45, 7) is 0. The number of benzene rings is 1. The Hall–Kier alpha value is -2.71. The lowest BCUT2D eigenvalue weighted by molar-refractivity contribution is -0.137. The van der Waals surface area contributed by atoms with Crippen LogP contribution in [0, 0.1) is 5.82 Å². The molecule has 9 heteroatoms. The molecule has 0 aliphatic carbocycles. The Morgan fingerprint density at radius 3 is 2.64 bits per heavy atom. The van der Waals surface area contributed by atoms with Gasteiger partial charge in [0.2, 0.25) is 0 Å². The van der Waals surface area contributed by atoms with Crippen LogP contribution in [0.15, 0.2) is 30.7 Å². The molecular weight excluding hydrogens is 304 g/mol. The smallest absolute Gasteiger partial charge is 0.355 e. The predicted octanol–water partition coefficient (Wildman–Crippen LogP) is 2.74. The van der Waals surface area contributed by atoms with E-state index in [-0.39, 0.29) is 5.69 Å². The number of carbonyl (C=O) groups excluding carboxylic acids is 1. The Morgan fingerprint density at radius 1 is 1.27 bits per heavy atom. The third-order valence-electron chi connectivity index (χ3n) is 2.74. The van der Waals surface area contributed by atoms with Gasteiger partial charge in [-0.25, -0.2) is 14.4 Å². The molecule has 22 heavy (non-hydrogen) atoms. The summed E-state index contributed by atoms with van der Waals surface area (Å²) in [6, 6.07) is 3.56. The van der Waals surface area contributed by atoms with Gasteiger partial charge in [-0.1, -0.05) is 6.07 Å². The number of aromatic nitrogens is 2. The van der Waals surface area contributed by atoms with Crippen LogP contribution in [0.1, 0.15) is 15.9 Å². The van der Waals surface area contributed by atoms with Crippen molar-refractivity contribution < 1.29 is 22.4 Å². The zero-order valence-electron chi connectivity index (χ0n) is 11.2. The van der Waals surface area contributed by atoms with Gasteiger partial charge in [0.1, 0.15) is 23.5 Å². The van der Waals surface area contributed by atoms with Crippen LogP contribution in [0.5, 0.6) is 0 Å². The van der Waals surface area contributed by atoms with E-state index >= 15 is 0 Å². The lowest BCUT2D eigenvalue weighted by atomic mass is 10.1. The van der Waals surface area contributed by atoms with Crippen molar-refractivity contribution in [2.45, 2.75) is 6.18 Å². The van der Waals surface area contributed by atoms with Gasteiger partial charge in [0.05, 0.1) is 11.3 Å². The fourth-order valence-electron chi connectivity index (χ4n) is 1.75. The van der Waals surface area contributed by atoms with Gasteiger partial charge >= 0.3 is 6.18 Å². The number of amides is 1. The highest BCUT2D eigenvalue weighted by Gasteiger charge is 2.35. The number of nitrogens with zero attached hydrogens (tertiary/aromatic N) is 2. The molecule has 0 saturated heterocycles. The fraction of sp³-hybridized carbons (Fsp3) is 0.154. The Morgan fingerprint density at radius 2 is 2.00 bits per heavy atom. The van der Waals surface area contributed by atoms with E-state index in [0.717, 1.165) is 12.4 Å². The number of rotatable bonds is 3. The average molecular weight is 314 g/mol. The Kier molecular flexibility index (Phi) is 4.25. The molecule has 2 rings (SSSR count). The van der Waals surface area contributed by atoms with Crippen LogP contribution in [-0.4, -0.2) is 22.9 Å². The molecule has 0 atom stereocenters. The van der Waals surface area contributed by atoms with Crippen LogP contribution in [0.4, 0.5) is 29.1 Å². The number of hydrogen-bond acceptors (Lipinski definition) is 4. The third kappa shape index (κ3) is 3.13. The molecule has 0 unspecified atom stereocenters. The molecule has 116 valence electrons. The number of anilines is 2. The number of alkyl halides is 3. The van der Waals surface area contributed by atoms with E-state index in [1.165, 1.54) is 19.2 Å². The first-order valence-electron chi connectivity index (χ1n) is 5.99. The fourth-order valence-corrected chi connectivity index (χ4v) is 1.75. The third-order valence-corrected chi connectivity index (χ3v) is 2.74. The summed E-state index contributed by atoms with van der Waals surface area (Å²) in [6.07, 6.45) is -3.19. The summed E-state index contributed by atoms with van der Waals surface area (Å²) in [7, 11) is 1.28. The zero-order valence-corrected chi connectivity index (χ0v) is 11.2. The Labute approximate surface area is 122 Å². The molecular formula is C13H10F4N4O. The molecule has 0 fully saturated rings. The maximum atomic E-state index is 13.8. The first-order valence-corrected chi connectivity index (χ1v) is 5.99. The second-order valence-corrected chi connectivity index (χ2v) is 4.15. The minimum absolute atomic E-state index is 0.136. The molecule has 1 heterocycles. The van der Waals surface area contributed by atoms with E-state index in [9.17, 15) is 22.4 Å². The second-order valence-electron chi connectivity index (χ2n) is 4.15. The van der Waals surface area contributed by atoms with Gasteiger partial charge in [0.25, 0.3) is 5.91 Å². The van der Waals surface area contributed by atoms with Gasteiger partial charge in [0.15, 0.2) is 0 Å². The molecule has 0 spiro atoms. The van der Waals surface area contributed by atoms with Crippen LogP contribution in [0.25, 0.3) is 0 Å². The largest absolute Gasteiger partial charge is 0.421 e. The van der Waals surface area contributed by atoms with Gasteiger partial charge in [-0.05, 0) is 12.1 Å². The quantitative estimate of drug-likeness (QED) is 0.855. The van der Waals surface area contributed by atoms with Crippen molar-refractivity contribution in [2.75, 3.05) is 12.4 Å². The van der Waals surface area contributed by atoms with E-state index in [0.29, 0.717) is 6.20 Å². The molecule has 1 aromatic carbocycles. The summed E-state index contributed by atoms with van der Waals surface area (Å²) < 4.78 is 52.4. The van der Waals surface area contributed by atoms with Crippen molar-refractivity contribution in [1.82, 2.24) is 15.3 Å². The molecule has 1 aromatic heterocycles. The maximum Gasteiger partial charge on any atom is 0.421 e. The van der Waals surface area contributed by atoms with Crippen molar-refractivity contribution in [2.24, 2.45) is 0 Å². The van der Waals surface area contributed by atoms with Gasteiger partial charge in [-0.2, -0.15) is 13.2 Å². The van der Waals surface area contributed by atoms with Crippen LogP contribution in [-0.2, 0) is 6.18 Å². The average Bonchev–Trinajstić information content (AvgIpc) is 2.46. The molecule has 0 saturated carbocycles. The maximum absolute atomic E-state index is 13.8. The molecule has 1 amide bonds. The minimum Gasteiger partial charge on any atom is -0.355 e. The standard InChI is InChI=1S/C13H10F4N4O/c1-18-12(22)10-8(14)3-2-4-9(10)21-11-7(13(15,16)17)5-19-6-20-11/h2-6H,1H3,(H,18,22)(H,19,20,21). The highest BCUT2D eigenvalue weighted by Crippen LogP contribution is 2.34. The first kappa shape index (κ1) is 15.7. The normalized spacial score (nSPS) is 11.1. The molecule has 2 aromatic rings. The van der Waals surface area contributed by atoms with Gasteiger partial charge < -0.3 is 10.6 Å². The summed E-state index contributed by atoms with van der Waals surface area (Å²) in [5.41, 5.74) is -1.66. The van der Waals surface area contributed by atoms with Crippen LogP contribution >= 0.6 is 0 Å². The van der Waals surface area contributed by atoms with E-state index in [1.807, 2.05) is 0 Å². The highest BCUT2D eigenvalue weighted by atomic mass is 19.4. The molecule has 5 nitrogen and oxygen atoms in total. The lowest BCUT2D eigenvalue weighted by Crippen LogP contribution is -2.21. The van der Waals surface area contributed by atoms with E-state index in [4.69, 9.17) is 0 Å². The molecule has 2 N–H and O–H groups in total. The van der Waals surface area contributed by atoms with Crippen LogP contribution < -0.4 is 10.6 Å². The Bertz CT molecular complexity index is 703. The molecule has 0 aliphatic heterocycles. The summed E-state index contributed by atoms with van der Waals surface area (Å²) >= 11 is 0. The predicted molar refractivity (Wildman–Crippen MR) is 70.1 cm³/mol. The van der Waals surface area contributed by atoms with E-state index < -0.39 is 34.8 Å². The topological polar surface area (TPSA) is 66.9 Å². The van der Waals surface area contributed by atoms with Crippen molar-refractivity contribution in [3.8, 4) is 0 Å². The second kappa shape index (κ2) is 5.96. The molecule has 0 bridgehead atoms. The van der Waals surface area contributed by atoms with Gasteiger partial charge in [0, 0.05) is 13.2 Å². The van der Waals surface area contributed by atoms with Crippen LogP contribution in [0.2, 0.25) is 0 Å². The van der Waals surface area contributed by atoms with Gasteiger partial charge in [-0.15, -0.1) is 0 Å². The minimum atomic E-state index is -4.69. The number of carbonyl (C=O) groups is 1. The summed E-state index contributed by atoms with van der Waals surface area (Å²) in [5.74, 6) is -2.21. The van der Waals surface area contributed by atoms with Crippen LogP contribution in [0.3, 0.4) is 0 Å². The zero-order chi connectivity index (χ0) is 16.3. The summed E-state index contributed by atoms with van der Waals surface area (Å²) in [4.78, 5) is 18.5. The monoisotopic (exact) mass is 314 g/mol. The first-order chi connectivity index (χ1) is 10.3. The number of halogens is 4. The molecule has 0 aliphatic rings. The van der Waals surface area contributed by atoms with Crippen molar-refractivity contribution in [1.29, 1.82) is 0 Å². The van der Waals surface area contributed by atoms with Crippen molar-refractivity contribution in [3.63, 3.8) is 0 Å². The Balaban J connectivity index is 2.49. The number of hydrogen-bond donors (Lipinski definition) is 2. The highest BCUT2D eigenvalue weighted by molar-refractivity contribution is 6.00. The van der Waals surface area contributed by atoms with Gasteiger partial charge in [-0.3, -0.25) is 4.79 Å². The van der Waals surface area contributed by atoms with Crippen molar-refractivity contribution in [3.05, 3.63) is 47.7 Å². The van der Waals surface area contributed by atoms with E-state index in [1.54, 1.807) is 0 Å². The lowest BCUT2D eigenvalue weighted by Gasteiger charge is -2.15. The number of nitrogens with one attached hydrogen (secondary N) is 2.